The summed E-state index contributed by atoms with van der Waals surface area (Å²) in [7, 11) is 0. The molecule has 1 heterocycles. The van der Waals surface area contributed by atoms with Crippen molar-refractivity contribution in [2.24, 2.45) is 0 Å². The molecule has 3 rings (SSSR count). The molecular weight excluding hydrogens is 327 g/mol. The molecule has 1 aliphatic rings. The summed E-state index contributed by atoms with van der Waals surface area (Å²) in [5, 5.41) is 4.92. The van der Waals surface area contributed by atoms with Crippen LogP contribution in [0.5, 0.6) is 0 Å². The van der Waals surface area contributed by atoms with Crippen LogP contribution >= 0.6 is 23.2 Å². The largest absolute Gasteiger partial charge is 0.310 e. The van der Waals surface area contributed by atoms with Gasteiger partial charge in [-0.05, 0) is 43.1 Å². The maximum atomic E-state index is 6.24. The van der Waals surface area contributed by atoms with Crippen molar-refractivity contribution in [1.29, 1.82) is 0 Å². The van der Waals surface area contributed by atoms with Gasteiger partial charge in [0.15, 0.2) is 0 Å². The first-order chi connectivity index (χ1) is 11.2. The summed E-state index contributed by atoms with van der Waals surface area (Å²) in [6, 6.07) is 17.1. The predicted molar refractivity (Wildman–Crippen MR) is 98.0 cm³/mol. The lowest BCUT2D eigenvalue weighted by atomic mass is 10.0. The predicted octanol–water partition coefficient (Wildman–Crippen LogP) is 4.75. The molecule has 2 nitrogen and oxygen atoms in total. The fraction of sp³-hybridized carbons (Fsp3) is 0.368. The quantitative estimate of drug-likeness (QED) is 0.838. The Bertz CT molecular complexity index is 623. The summed E-state index contributed by atoms with van der Waals surface area (Å²) in [6.07, 6.45) is 2.34. The van der Waals surface area contributed by atoms with E-state index in [0.29, 0.717) is 16.1 Å². The molecule has 23 heavy (non-hydrogen) atoms. The Morgan fingerprint density at radius 1 is 0.957 bits per heavy atom. The molecule has 1 saturated heterocycles. The van der Waals surface area contributed by atoms with Crippen LogP contribution in [-0.4, -0.2) is 24.0 Å². The molecule has 0 radical (unpaired) electrons. The summed E-state index contributed by atoms with van der Waals surface area (Å²) in [4.78, 5) is 2.53. The van der Waals surface area contributed by atoms with E-state index in [1.807, 2.05) is 18.2 Å². The van der Waals surface area contributed by atoms with E-state index in [1.165, 1.54) is 18.4 Å². The molecule has 2 aromatic carbocycles. The van der Waals surface area contributed by atoms with Crippen LogP contribution in [0.1, 0.15) is 24.0 Å². The number of nitrogens with zero attached hydrogens (tertiary/aromatic N) is 1. The lowest BCUT2D eigenvalue weighted by Crippen LogP contribution is -2.41. The number of benzene rings is 2. The molecule has 0 atom stereocenters. The number of nitrogens with one attached hydrogen (secondary N) is 1. The van der Waals surface area contributed by atoms with Gasteiger partial charge in [0.05, 0.1) is 10.0 Å². The Balaban J connectivity index is 1.45. The van der Waals surface area contributed by atoms with Crippen LogP contribution < -0.4 is 5.32 Å². The molecule has 1 aliphatic heterocycles. The number of hydrogen-bond acceptors (Lipinski definition) is 2. The molecule has 1 N–H and O–H groups in total. The highest BCUT2D eigenvalue weighted by Gasteiger charge is 2.19. The summed E-state index contributed by atoms with van der Waals surface area (Å²) < 4.78 is 0. The van der Waals surface area contributed by atoms with Crippen LogP contribution in [-0.2, 0) is 13.1 Å². The Morgan fingerprint density at radius 2 is 1.70 bits per heavy atom. The maximum Gasteiger partial charge on any atom is 0.0637 e. The lowest BCUT2D eigenvalue weighted by Gasteiger charge is -2.32. The second-order valence-corrected chi connectivity index (χ2v) is 6.92. The van der Waals surface area contributed by atoms with E-state index in [9.17, 15) is 0 Å². The van der Waals surface area contributed by atoms with E-state index in [4.69, 9.17) is 23.2 Å². The molecule has 2 aromatic rings. The van der Waals surface area contributed by atoms with Crippen molar-refractivity contribution >= 4 is 23.2 Å². The standard InChI is InChI=1S/C19H22Cl2N2/c20-18-8-4-7-16(19(18)21)13-22-17-9-11-23(12-10-17)14-15-5-2-1-3-6-15/h1-8,17,22H,9-14H2. The van der Waals surface area contributed by atoms with Crippen LogP contribution in [0.15, 0.2) is 48.5 Å². The van der Waals surface area contributed by atoms with Gasteiger partial charge < -0.3 is 5.32 Å². The summed E-state index contributed by atoms with van der Waals surface area (Å²) in [6.45, 7) is 4.10. The zero-order valence-electron chi connectivity index (χ0n) is 13.1. The zero-order chi connectivity index (χ0) is 16.1. The first kappa shape index (κ1) is 16.8. The van der Waals surface area contributed by atoms with E-state index in [1.54, 1.807) is 0 Å². The van der Waals surface area contributed by atoms with Crippen molar-refractivity contribution in [3.05, 3.63) is 69.7 Å². The molecule has 0 unspecified atom stereocenters. The number of piperidine rings is 1. The second-order valence-electron chi connectivity index (χ2n) is 6.13. The first-order valence-corrected chi connectivity index (χ1v) is 8.90. The van der Waals surface area contributed by atoms with Crippen molar-refractivity contribution in [3.63, 3.8) is 0 Å². The van der Waals surface area contributed by atoms with E-state index in [2.05, 4.69) is 40.5 Å². The number of likely N-dealkylation sites (tertiary alicyclic amines) is 1. The smallest absolute Gasteiger partial charge is 0.0637 e. The first-order valence-electron chi connectivity index (χ1n) is 8.15. The van der Waals surface area contributed by atoms with Crippen molar-refractivity contribution in [1.82, 2.24) is 10.2 Å². The second kappa shape index (κ2) is 8.16. The van der Waals surface area contributed by atoms with E-state index in [0.717, 1.165) is 31.7 Å². The van der Waals surface area contributed by atoms with Gasteiger partial charge >= 0.3 is 0 Å². The van der Waals surface area contributed by atoms with E-state index < -0.39 is 0 Å². The van der Waals surface area contributed by atoms with Crippen LogP contribution in [0.25, 0.3) is 0 Å². The molecule has 122 valence electrons. The number of halogens is 2. The van der Waals surface area contributed by atoms with Crippen molar-refractivity contribution in [2.75, 3.05) is 13.1 Å². The Hall–Kier alpha value is -1.06. The molecule has 0 amide bonds. The van der Waals surface area contributed by atoms with Gasteiger partial charge in [-0.25, -0.2) is 0 Å². The van der Waals surface area contributed by atoms with Gasteiger partial charge in [-0.15, -0.1) is 0 Å². The third kappa shape index (κ3) is 4.71. The van der Waals surface area contributed by atoms with Crippen molar-refractivity contribution in [3.8, 4) is 0 Å². The minimum atomic E-state index is 0.553. The van der Waals surface area contributed by atoms with E-state index in [-0.39, 0.29) is 0 Å². The highest BCUT2D eigenvalue weighted by Crippen LogP contribution is 2.25. The molecule has 0 aromatic heterocycles. The monoisotopic (exact) mass is 348 g/mol. The Labute approximate surface area is 148 Å². The summed E-state index contributed by atoms with van der Waals surface area (Å²) in [5.41, 5.74) is 2.47. The SMILES string of the molecule is Clc1cccc(CNC2CCN(Cc3ccccc3)CC2)c1Cl. The van der Waals surface area contributed by atoms with Crippen molar-refractivity contribution in [2.45, 2.75) is 32.0 Å². The van der Waals surface area contributed by atoms with Gasteiger partial charge in [0.25, 0.3) is 0 Å². The normalized spacial score (nSPS) is 16.6. The van der Waals surface area contributed by atoms with Gasteiger partial charge in [0.1, 0.15) is 0 Å². The third-order valence-corrected chi connectivity index (χ3v) is 5.31. The van der Waals surface area contributed by atoms with Gasteiger partial charge in [-0.2, -0.15) is 0 Å². The molecule has 0 saturated carbocycles. The minimum absolute atomic E-state index is 0.553. The van der Waals surface area contributed by atoms with E-state index >= 15 is 0 Å². The van der Waals surface area contributed by atoms with Crippen molar-refractivity contribution < 1.29 is 0 Å². The third-order valence-electron chi connectivity index (χ3n) is 4.45. The maximum absolute atomic E-state index is 6.24. The molecule has 1 fully saturated rings. The van der Waals surface area contributed by atoms with Crippen LogP contribution in [0, 0.1) is 0 Å². The zero-order valence-corrected chi connectivity index (χ0v) is 14.7. The average molecular weight is 349 g/mol. The molecule has 0 aliphatic carbocycles. The number of rotatable bonds is 5. The molecule has 4 heteroatoms. The number of hydrogen-bond donors (Lipinski definition) is 1. The molecular formula is C19H22Cl2N2. The topological polar surface area (TPSA) is 15.3 Å². The highest BCUT2D eigenvalue weighted by molar-refractivity contribution is 6.42. The molecule has 0 bridgehead atoms. The van der Waals surface area contributed by atoms with Gasteiger partial charge in [-0.3, -0.25) is 4.90 Å². The van der Waals surface area contributed by atoms with Gasteiger partial charge in [-0.1, -0.05) is 65.7 Å². The van der Waals surface area contributed by atoms with Gasteiger partial charge in [0.2, 0.25) is 0 Å². The highest BCUT2D eigenvalue weighted by atomic mass is 35.5. The van der Waals surface area contributed by atoms with Gasteiger partial charge in [0, 0.05) is 19.1 Å². The lowest BCUT2D eigenvalue weighted by molar-refractivity contribution is 0.190. The van der Waals surface area contributed by atoms with Crippen LogP contribution in [0.4, 0.5) is 0 Å². The fourth-order valence-corrected chi connectivity index (χ4v) is 3.46. The Morgan fingerprint density at radius 3 is 2.43 bits per heavy atom. The van der Waals surface area contributed by atoms with Crippen LogP contribution in [0.3, 0.4) is 0 Å². The average Bonchev–Trinajstić information content (AvgIpc) is 2.58. The minimum Gasteiger partial charge on any atom is -0.310 e. The Kier molecular flexibility index (Phi) is 5.96. The summed E-state index contributed by atoms with van der Waals surface area (Å²) >= 11 is 12.3. The fourth-order valence-electron chi connectivity index (χ4n) is 3.08. The molecule has 0 spiro atoms. The summed E-state index contributed by atoms with van der Waals surface area (Å²) in [5.74, 6) is 0. The van der Waals surface area contributed by atoms with Crippen LogP contribution in [0.2, 0.25) is 10.0 Å².